The summed E-state index contributed by atoms with van der Waals surface area (Å²) in [5, 5.41) is 0. The second-order valence-electron chi connectivity index (χ2n) is 3.92. The van der Waals surface area contributed by atoms with E-state index >= 15 is 0 Å². The van der Waals surface area contributed by atoms with E-state index in [1.807, 2.05) is 19.1 Å². The minimum Gasteiger partial charge on any atom is -0.271 e. The van der Waals surface area contributed by atoms with Crippen LogP contribution in [0.15, 0.2) is 41.0 Å². The van der Waals surface area contributed by atoms with Gasteiger partial charge in [-0.05, 0) is 40.5 Å². The minimum atomic E-state index is -0.420. The molecule has 3 N–H and O–H groups in total. The number of hydrogen-bond donors (Lipinski definition) is 2. The summed E-state index contributed by atoms with van der Waals surface area (Å²) < 4.78 is 14.5. The van der Waals surface area contributed by atoms with E-state index in [0.717, 1.165) is 11.3 Å². The van der Waals surface area contributed by atoms with E-state index in [1.54, 1.807) is 24.4 Å². The molecule has 5 heteroatoms. The van der Waals surface area contributed by atoms with Gasteiger partial charge in [0.05, 0.1) is 10.5 Å². The largest absolute Gasteiger partial charge is 0.271 e. The van der Waals surface area contributed by atoms with Crippen LogP contribution >= 0.6 is 15.9 Å². The van der Waals surface area contributed by atoms with E-state index in [1.165, 1.54) is 0 Å². The first-order chi connectivity index (χ1) is 8.65. The first-order valence-corrected chi connectivity index (χ1v) is 6.26. The molecule has 18 heavy (non-hydrogen) atoms. The second-order valence-corrected chi connectivity index (χ2v) is 4.78. The Hall–Kier alpha value is -1.30. The fourth-order valence-corrected chi connectivity index (χ4v) is 2.27. The van der Waals surface area contributed by atoms with E-state index in [4.69, 9.17) is 5.84 Å². The highest BCUT2D eigenvalue weighted by Crippen LogP contribution is 2.28. The Morgan fingerprint density at radius 2 is 2.00 bits per heavy atom. The number of aromatic nitrogens is 1. The van der Waals surface area contributed by atoms with E-state index in [2.05, 4.69) is 26.3 Å². The Balaban J connectivity index is 2.53. The first-order valence-electron chi connectivity index (χ1n) is 5.46. The molecule has 94 valence electrons. The third-order valence-electron chi connectivity index (χ3n) is 2.82. The maximum atomic E-state index is 14.1. The summed E-state index contributed by atoms with van der Waals surface area (Å²) in [7, 11) is 0. The molecule has 0 amide bonds. The number of aryl methyl sites for hydroxylation is 1. The average Bonchev–Trinajstić information content (AvgIpc) is 2.37. The van der Waals surface area contributed by atoms with Gasteiger partial charge in [-0.3, -0.25) is 10.8 Å². The van der Waals surface area contributed by atoms with Crippen molar-refractivity contribution in [2.45, 2.75) is 13.0 Å². The van der Waals surface area contributed by atoms with Gasteiger partial charge in [0.1, 0.15) is 5.82 Å². The lowest BCUT2D eigenvalue weighted by molar-refractivity contribution is 0.553. The summed E-state index contributed by atoms with van der Waals surface area (Å²) in [5.41, 5.74) is 4.81. The third kappa shape index (κ3) is 2.43. The lowest BCUT2D eigenvalue weighted by Gasteiger charge is -2.19. The van der Waals surface area contributed by atoms with Gasteiger partial charge >= 0.3 is 0 Å². The van der Waals surface area contributed by atoms with Gasteiger partial charge < -0.3 is 0 Å². The standard InChI is InChI=1S/C13H13BrFN3/c1-8-9(5-3-7-17-8)13(18-16)10-4-2-6-11(14)12(10)15/h2-7,13,18H,16H2,1H3. The van der Waals surface area contributed by atoms with Crippen LogP contribution in [-0.2, 0) is 0 Å². The van der Waals surface area contributed by atoms with Crippen molar-refractivity contribution in [3.05, 3.63) is 63.6 Å². The molecule has 2 rings (SSSR count). The highest BCUT2D eigenvalue weighted by atomic mass is 79.9. The molecule has 0 saturated heterocycles. The predicted octanol–water partition coefficient (Wildman–Crippen LogP) is 2.84. The van der Waals surface area contributed by atoms with Gasteiger partial charge in [0.2, 0.25) is 0 Å². The molecule has 1 atom stereocenters. The van der Waals surface area contributed by atoms with Crippen LogP contribution in [0.3, 0.4) is 0 Å². The molecule has 0 bridgehead atoms. The molecular weight excluding hydrogens is 297 g/mol. The van der Waals surface area contributed by atoms with Crippen molar-refractivity contribution in [3.63, 3.8) is 0 Å². The van der Waals surface area contributed by atoms with Crippen LogP contribution in [0.25, 0.3) is 0 Å². The zero-order chi connectivity index (χ0) is 13.1. The molecule has 0 saturated carbocycles. The molecule has 0 aliphatic heterocycles. The molecule has 1 heterocycles. The zero-order valence-electron chi connectivity index (χ0n) is 9.82. The summed E-state index contributed by atoms with van der Waals surface area (Å²) in [4.78, 5) is 4.20. The molecule has 1 unspecified atom stereocenters. The number of halogens is 2. The summed E-state index contributed by atoms with van der Waals surface area (Å²) >= 11 is 3.18. The number of nitrogens with two attached hydrogens (primary N) is 1. The molecule has 0 spiro atoms. The number of hydrazine groups is 1. The van der Waals surface area contributed by atoms with Gasteiger partial charge in [-0.1, -0.05) is 18.2 Å². The summed E-state index contributed by atoms with van der Waals surface area (Å²) in [6, 6.07) is 8.41. The second kappa shape index (κ2) is 5.56. The van der Waals surface area contributed by atoms with Crippen molar-refractivity contribution in [3.8, 4) is 0 Å². The molecule has 0 fully saturated rings. The van der Waals surface area contributed by atoms with Crippen molar-refractivity contribution >= 4 is 15.9 Å². The van der Waals surface area contributed by atoms with Crippen LogP contribution in [0.4, 0.5) is 4.39 Å². The summed E-state index contributed by atoms with van der Waals surface area (Å²) in [5.74, 6) is 5.25. The first kappa shape index (κ1) is 13.1. The van der Waals surface area contributed by atoms with Crippen LogP contribution in [-0.4, -0.2) is 4.98 Å². The van der Waals surface area contributed by atoms with Crippen LogP contribution in [0, 0.1) is 12.7 Å². The topological polar surface area (TPSA) is 50.9 Å². The smallest absolute Gasteiger partial charge is 0.142 e. The molecule has 1 aromatic carbocycles. The van der Waals surface area contributed by atoms with E-state index in [0.29, 0.717) is 10.0 Å². The van der Waals surface area contributed by atoms with E-state index in [-0.39, 0.29) is 5.82 Å². The Kier molecular flexibility index (Phi) is 4.06. The average molecular weight is 310 g/mol. The van der Waals surface area contributed by atoms with Gasteiger partial charge in [0.15, 0.2) is 0 Å². The van der Waals surface area contributed by atoms with Crippen LogP contribution in [0.2, 0.25) is 0 Å². The van der Waals surface area contributed by atoms with Crippen molar-refractivity contribution < 1.29 is 4.39 Å². The molecule has 3 nitrogen and oxygen atoms in total. The normalized spacial score (nSPS) is 12.4. The quantitative estimate of drug-likeness (QED) is 0.677. The number of pyridine rings is 1. The zero-order valence-corrected chi connectivity index (χ0v) is 11.4. The molecule has 0 aliphatic rings. The van der Waals surface area contributed by atoms with Gasteiger partial charge in [-0.15, -0.1) is 0 Å². The predicted molar refractivity (Wildman–Crippen MR) is 72.2 cm³/mol. The van der Waals surface area contributed by atoms with Crippen LogP contribution in [0.1, 0.15) is 22.9 Å². The highest BCUT2D eigenvalue weighted by molar-refractivity contribution is 9.10. The Bertz CT molecular complexity index is 560. The lowest BCUT2D eigenvalue weighted by atomic mass is 9.98. The van der Waals surface area contributed by atoms with E-state index < -0.39 is 6.04 Å². The van der Waals surface area contributed by atoms with Gasteiger partial charge in [-0.2, -0.15) is 0 Å². The van der Waals surface area contributed by atoms with Crippen molar-refractivity contribution in [1.82, 2.24) is 10.4 Å². The fourth-order valence-electron chi connectivity index (χ4n) is 1.89. The molecule has 2 aromatic rings. The molecule has 0 radical (unpaired) electrons. The number of benzene rings is 1. The SMILES string of the molecule is Cc1ncccc1C(NN)c1cccc(Br)c1F. The Morgan fingerprint density at radius 3 is 2.67 bits per heavy atom. The monoisotopic (exact) mass is 309 g/mol. The fraction of sp³-hybridized carbons (Fsp3) is 0.154. The minimum absolute atomic E-state index is 0.316. The van der Waals surface area contributed by atoms with Crippen molar-refractivity contribution in [2.24, 2.45) is 5.84 Å². The van der Waals surface area contributed by atoms with Crippen molar-refractivity contribution in [1.29, 1.82) is 0 Å². The van der Waals surface area contributed by atoms with Gasteiger partial charge in [-0.25, -0.2) is 9.82 Å². The van der Waals surface area contributed by atoms with E-state index in [9.17, 15) is 4.39 Å². The van der Waals surface area contributed by atoms with Gasteiger partial charge in [0.25, 0.3) is 0 Å². The van der Waals surface area contributed by atoms with Crippen LogP contribution in [0.5, 0.6) is 0 Å². The molecular formula is C13H13BrFN3. The lowest BCUT2D eigenvalue weighted by Crippen LogP contribution is -2.30. The van der Waals surface area contributed by atoms with Crippen molar-refractivity contribution in [2.75, 3.05) is 0 Å². The van der Waals surface area contributed by atoms with Gasteiger partial charge in [0, 0.05) is 17.5 Å². The molecule has 1 aromatic heterocycles. The highest BCUT2D eigenvalue weighted by Gasteiger charge is 2.19. The number of rotatable bonds is 3. The number of nitrogens with zero attached hydrogens (tertiary/aromatic N) is 1. The summed E-state index contributed by atoms with van der Waals surface area (Å²) in [6.07, 6.45) is 1.70. The Morgan fingerprint density at radius 1 is 1.28 bits per heavy atom. The maximum Gasteiger partial charge on any atom is 0.142 e. The third-order valence-corrected chi connectivity index (χ3v) is 3.43. The van der Waals surface area contributed by atoms with Crippen LogP contribution < -0.4 is 11.3 Å². The number of hydrogen-bond acceptors (Lipinski definition) is 3. The number of nitrogens with one attached hydrogen (secondary N) is 1. The summed E-state index contributed by atoms with van der Waals surface area (Å²) in [6.45, 7) is 1.87. The Labute approximate surface area is 113 Å². The molecule has 0 aliphatic carbocycles. The maximum absolute atomic E-state index is 14.1.